The van der Waals surface area contributed by atoms with Gasteiger partial charge in [-0.05, 0) is 56.8 Å². The second-order valence-electron chi connectivity index (χ2n) is 7.69. The first kappa shape index (κ1) is 19.4. The molecule has 0 bridgehead atoms. The van der Waals surface area contributed by atoms with Crippen molar-refractivity contribution in [3.05, 3.63) is 41.9 Å². The summed E-state index contributed by atoms with van der Waals surface area (Å²) in [5.74, 6) is 1.86. The molecule has 2 fully saturated rings. The van der Waals surface area contributed by atoms with E-state index in [-0.39, 0.29) is 11.8 Å². The Bertz CT molecular complexity index is 938. The minimum Gasteiger partial charge on any atom is -0.490 e. The summed E-state index contributed by atoms with van der Waals surface area (Å²) in [6, 6.07) is 5.75. The Hall–Kier alpha value is -2.87. The van der Waals surface area contributed by atoms with E-state index in [4.69, 9.17) is 10.5 Å². The molecule has 0 unspecified atom stereocenters. The lowest BCUT2D eigenvalue weighted by Gasteiger charge is -2.23. The van der Waals surface area contributed by atoms with Crippen molar-refractivity contribution in [1.29, 1.82) is 0 Å². The van der Waals surface area contributed by atoms with Crippen LogP contribution in [-0.2, 0) is 9.53 Å². The zero-order valence-electron chi connectivity index (χ0n) is 16.7. The van der Waals surface area contributed by atoms with Crippen LogP contribution >= 0.6 is 0 Å². The van der Waals surface area contributed by atoms with Crippen molar-refractivity contribution in [2.45, 2.75) is 25.7 Å². The molecular weight excluding hydrogens is 368 g/mol. The molecule has 1 saturated heterocycles. The van der Waals surface area contributed by atoms with E-state index in [9.17, 15) is 4.79 Å². The van der Waals surface area contributed by atoms with Gasteiger partial charge in [0.2, 0.25) is 5.91 Å². The topological polar surface area (TPSA) is 106 Å². The highest BCUT2D eigenvalue weighted by Crippen LogP contribution is 2.30. The molecular formula is C21H28N6O2. The summed E-state index contributed by atoms with van der Waals surface area (Å²) in [5, 5.41) is 10.7. The predicted molar refractivity (Wildman–Crippen MR) is 113 cm³/mol. The number of aliphatic imine (C=N–C) groups is 1. The quantitative estimate of drug-likeness (QED) is 0.490. The maximum absolute atomic E-state index is 12.0. The van der Waals surface area contributed by atoms with E-state index >= 15 is 0 Å². The molecule has 154 valence electrons. The van der Waals surface area contributed by atoms with Crippen LogP contribution in [0.15, 0.2) is 41.3 Å². The van der Waals surface area contributed by atoms with Gasteiger partial charge in [-0.15, -0.1) is 0 Å². The van der Waals surface area contributed by atoms with Gasteiger partial charge in [-0.1, -0.05) is 0 Å². The molecule has 2 aliphatic rings. The number of nitrogens with one attached hydrogen (secondary N) is 2. The van der Waals surface area contributed by atoms with Gasteiger partial charge < -0.3 is 21.1 Å². The van der Waals surface area contributed by atoms with Gasteiger partial charge in [-0.3, -0.25) is 9.79 Å². The van der Waals surface area contributed by atoms with Gasteiger partial charge in [0.15, 0.2) is 11.6 Å². The summed E-state index contributed by atoms with van der Waals surface area (Å²) < 4.78 is 7.78. The van der Waals surface area contributed by atoms with E-state index in [1.165, 1.54) is 6.20 Å². The predicted octanol–water partition coefficient (Wildman–Crippen LogP) is 1.92. The standard InChI is InChI=1S/C21H28N6O2/c1-23-20(18(12-22)29-13-14-4-7-24-8-5-14)16-6-9-27-17(10-16)11-19(26-27)25-21(28)15-2-3-15/h6,9-12,14-15,24H,2-5,7-8,13,22H2,1H3,(H,25,26,28)/b18-12-,23-20?. The van der Waals surface area contributed by atoms with Crippen molar-refractivity contribution >= 4 is 23.0 Å². The van der Waals surface area contributed by atoms with E-state index in [0.717, 1.165) is 49.9 Å². The van der Waals surface area contributed by atoms with Crippen LogP contribution in [0.1, 0.15) is 31.2 Å². The van der Waals surface area contributed by atoms with Crippen molar-refractivity contribution in [3.63, 3.8) is 0 Å². The molecule has 8 nitrogen and oxygen atoms in total. The molecule has 4 rings (SSSR count). The molecule has 4 N–H and O–H groups in total. The van der Waals surface area contributed by atoms with Crippen LogP contribution in [-0.4, -0.2) is 48.0 Å². The molecule has 2 aromatic rings. The van der Waals surface area contributed by atoms with Gasteiger partial charge in [0.25, 0.3) is 0 Å². The van der Waals surface area contributed by atoms with Gasteiger partial charge in [0, 0.05) is 37.0 Å². The number of hydrogen-bond donors (Lipinski definition) is 3. The summed E-state index contributed by atoms with van der Waals surface area (Å²) in [7, 11) is 1.73. The van der Waals surface area contributed by atoms with Crippen LogP contribution in [0.5, 0.6) is 0 Å². The Morgan fingerprint density at radius 3 is 2.86 bits per heavy atom. The Kier molecular flexibility index (Phi) is 5.80. The second kappa shape index (κ2) is 8.65. The number of nitrogens with two attached hydrogens (primary N) is 1. The third-order valence-corrected chi connectivity index (χ3v) is 5.48. The van der Waals surface area contributed by atoms with Crippen molar-refractivity contribution in [3.8, 4) is 0 Å². The number of nitrogens with zero attached hydrogens (tertiary/aromatic N) is 3. The van der Waals surface area contributed by atoms with Gasteiger partial charge in [0.1, 0.15) is 5.71 Å². The number of allylic oxidation sites excluding steroid dienone is 1. The van der Waals surface area contributed by atoms with Crippen molar-refractivity contribution in [2.75, 3.05) is 32.1 Å². The number of pyridine rings is 1. The number of piperidine rings is 1. The summed E-state index contributed by atoms with van der Waals surface area (Å²) in [6.07, 6.45) is 7.46. The number of amides is 1. The smallest absolute Gasteiger partial charge is 0.228 e. The number of ether oxygens (including phenoxy) is 1. The van der Waals surface area contributed by atoms with E-state index in [0.29, 0.717) is 29.8 Å². The van der Waals surface area contributed by atoms with Crippen LogP contribution in [0.3, 0.4) is 0 Å². The molecule has 29 heavy (non-hydrogen) atoms. The SMILES string of the molecule is CN=C(/C(=C/N)OCC1CCNCC1)c1ccn2nc(NC(=O)C3CC3)cc2c1. The maximum atomic E-state index is 12.0. The third kappa shape index (κ3) is 4.59. The van der Waals surface area contributed by atoms with Crippen molar-refractivity contribution in [2.24, 2.45) is 22.6 Å². The molecule has 0 aromatic carbocycles. The third-order valence-electron chi connectivity index (χ3n) is 5.48. The van der Waals surface area contributed by atoms with Gasteiger partial charge in [-0.2, -0.15) is 5.10 Å². The average molecular weight is 396 g/mol. The normalized spacial score (nSPS) is 18.8. The second-order valence-corrected chi connectivity index (χ2v) is 7.69. The Balaban J connectivity index is 1.48. The molecule has 3 heterocycles. The Morgan fingerprint density at radius 1 is 1.38 bits per heavy atom. The number of anilines is 1. The number of carbonyl (C=O) groups is 1. The number of rotatable bonds is 7. The maximum Gasteiger partial charge on any atom is 0.228 e. The van der Waals surface area contributed by atoms with E-state index in [1.807, 2.05) is 24.4 Å². The number of aromatic nitrogens is 2. The van der Waals surface area contributed by atoms with Crippen LogP contribution in [0.25, 0.3) is 5.52 Å². The fourth-order valence-corrected chi connectivity index (χ4v) is 3.61. The van der Waals surface area contributed by atoms with Crippen LogP contribution < -0.4 is 16.4 Å². The Morgan fingerprint density at radius 2 is 2.17 bits per heavy atom. The van der Waals surface area contributed by atoms with Crippen molar-refractivity contribution < 1.29 is 9.53 Å². The summed E-state index contributed by atoms with van der Waals surface area (Å²) in [6.45, 7) is 2.69. The molecule has 1 saturated carbocycles. The highest BCUT2D eigenvalue weighted by Gasteiger charge is 2.30. The van der Waals surface area contributed by atoms with E-state index in [2.05, 4.69) is 20.7 Å². The Labute approximate surface area is 170 Å². The molecule has 2 aromatic heterocycles. The molecule has 1 aliphatic carbocycles. The molecule has 8 heteroatoms. The minimum atomic E-state index is 0.0455. The zero-order valence-corrected chi connectivity index (χ0v) is 16.7. The first-order valence-electron chi connectivity index (χ1n) is 10.2. The monoisotopic (exact) mass is 396 g/mol. The highest BCUT2D eigenvalue weighted by molar-refractivity contribution is 6.11. The minimum absolute atomic E-state index is 0.0455. The lowest BCUT2D eigenvalue weighted by molar-refractivity contribution is -0.117. The largest absolute Gasteiger partial charge is 0.490 e. The summed E-state index contributed by atoms with van der Waals surface area (Å²) >= 11 is 0. The lowest BCUT2D eigenvalue weighted by atomic mass is 9.99. The van der Waals surface area contributed by atoms with Gasteiger partial charge in [0.05, 0.1) is 12.1 Å². The van der Waals surface area contributed by atoms with E-state index < -0.39 is 0 Å². The first-order chi connectivity index (χ1) is 14.2. The number of carbonyl (C=O) groups excluding carboxylic acids is 1. The lowest BCUT2D eigenvalue weighted by Crippen LogP contribution is -2.30. The summed E-state index contributed by atoms with van der Waals surface area (Å²) in [4.78, 5) is 16.4. The first-order valence-corrected chi connectivity index (χ1v) is 10.2. The number of fused-ring (bicyclic) bond motifs is 1. The molecule has 0 radical (unpaired) electrons. The fourth-order valence-electron chi connectivity index (χ4n) is 3.61. The molecule has 0 spiro atoms. The molecule has 0 atom stereocenters. The fraction of sp³-hybridized carbons (Fsp3) is 0.476. The molecule has 1 amide bonds. The van der Waals surface area contributed by atoms with Crippen LogP contribution in [0, 0.1) is 11.8 Å². The van der Waals surface area contributed by atoms with E-state index in [1.54, 1.807) is 11.6 Å². The van der Waals surface area contributed by atoms with Gasteiger partial charge in [-0.25, -0.2) is 4.52 Å². The zero-order chi connectivity index (χ0) is 20.2. The highest BCUT2D eigenvalue weighted by atomic mass is 16.5. The van der Waals surface area contributed by atoms with Crippen molar-refractivity contribution in [1.82, 2.24) is 14.9 Å². The van der Waals surface area contributed by atoms with Crippen LogP contribution in [0.4, 0.5) is 5.82 Å². The van der Waals surface area contributed by atoms with Gasteiger partial charge >= 0.3 is 0 Å². The summed E-state index contributed by atoms with van der Waals surface area (Å²) in [5.41, 5.74) is 8.32. The molecule has 1 aliphatic heterocycles. The average Bonchev–Trinajstić information content (AvgIpc) is 3.52. The van der Waals surface area contributed by atoms with Crippen LogP contribution in [0.2, 0.25) is 0 Å². The number of hydrogen-bond acceptors (Lipinski definition) is 6.